The van der Waals surface area contributed by atoms with E-state index in [1.807, 2.05) is 23.9 Å². The second kappa shape index (κ2) is 7.05. The van der Waals surface area contributed by atoms with Crippen LogP contribution in [0.1, 0.15) is 37.7 Å². The monoisotopic (exact) mass is 266 g/mol. The molecule has 3 heteroatoms. The fourth-order valence-electron chi connectivity index (χ4n) is 2.47. The van der Waals surface area contributed by atoms with Crippen molar-refractivity contribution in [3.05, 3.63) is 29.8 Å². The van der Waals surface area contributed by atoms with E-state index in [4.69, 9.17) is 4.74 Å². The van der Waals surface area contributed by atoms with Gasteiger partial charge in [-0.1, -0.05) is 25.1 Å². The molecule has 0 saturated carbocycles. The van der Waals surface area contributed by atoms with Gasteiger partial charge in [0.05, 0.1) is 12.7 Å². The van der Waals surface area contributed by atoms with Crippen LogP contribution in [-0.4, -0.2) is 29.3 Å². The average Bonchev–Trinajstić information content (AvgIpc) is 2.39. The smallest absolute Gasteiger partial charge is 0.122 e. The summed E-state index contributed by atoms with van der Waals surface area (Å²) in [5, 5.41) is 10.1. The van der Waals surface area contributed by atoms with Gasteiger partial charge in [0.2, 0.25) is 0 Å². The Labute approximate surface area is 114 Å². The van der Waals surface area contributed by atoms with Gasteiger partial charge in [0.25, 0.3) is 0 Å². The van der Waals surface area contributed by atoms with Crippen molar-refractivity contribution in [1.82, 2.24) is 0 Å². The first-order valence-electron chi connectivity index (χ1n) is 6.78. The summed E-state index contributed by atoms with van der Waals surface area (Å²) in [6.07, 6.45) is 2.61. The lowest BCUT2D eigenvalue weighted by molar-refractivity contribution is 0.141. The minimum absolute atomic E-state index is 0.180. The number of thioether (sulfide) groups is 1. The van der Waals surface area contributed by atoms with Crippen molar-refractivity contribution in [2.24, 2.45) is 0 Å². The average molecular weight is 266 g/mol. The second-order valence-corrected chi connectivity index (χ2v) is 6.14. The third kappa shape index (κ3) is 3.66. The van der Waals surface area contributed by atoms with E-state index in [0.29, 0.717) is 5.92 Å². The molecule has 0 amide bonds. The van der Waals surface area contributed by atoms with Crippen LogP contribution in [0.25, 0.3) is 0 Å². The first kappa shape index (κ1) is 13.8. The zero-order valence-electron chi connectivity index (χ0n) is 11.0. The predicted octanol–water partition coefficient (Wildman–Crippen LogP) is 3.45. The third-order valence-electron chi connectivity index (χ3n) is 3.44. The molecule has 0 radical (unpaired) electrons. The van der Waals surface area contributed by atoms with Gasteiger partial charge in [0.15, 0.2) is 0 Å². The van der Waals surface area contributed by atoms with Gasteiger partial charge in [-0.05, 0) is 48.3 Å². The van der Waals surface area contributed by atoms with Crippen LogP contribution in [0, 0.1) is 0 Å². The van der Waals surface area contributed by atoms with Crippen molar-refractivity contribution in [1.29, 1.82) is 0 Å². The van der Waals surface area contributed by atoms with Gasteiger partial charge in [-0.2, -0.15) is 11.8 Å². The molecule has 1 aromatic rings. The number of aliphatic hydroxyl groups excluding tert-OH is 1. The van der Waals surface area contributed by atoms with E-state index in [1.54, 1.807) is 0 Å². The van der Waals surface area contributed by atoms with Crippen molar-refractivity contribution in [3.8, 4) is 5.75 Å². The van der Waals surface area contributed by atoms with Crippen molar-refractivity contribution in [2.45, 2.75) is 38.2 Å². The molecule has 0 saturated heterocycles. The fraction of sp³-hybridized carbons (Fsp3) is 0.600. The molecule has 2 rings (SSSR count). The standard InChI is InChI=1S/C15H22O2S/c1-2-18-10-8-13(16)11-12-7-9-17-15-6-4-3-5-14(12)15/h3-6,12-13,16H,2,7-11H2,1H3. The largest absolute Gasteiger partial charge is 0.493 e. The summed E-state index contributed by atoms with van der Waals surface area (Å²) in [6, 6.07) is 8.23. The highest BCUT2D eigenvalue weighted by Gasteiger charge is 2.23. The molecule has 18 heavy (non-hydrogen) atoms. The number of ether oxygens (including phenoxy) is 1. The molecule has 2 unspecified atom stereocenters. The number of benzene rings is 1. The Morgan fingerprint density at radius 3 is 3.11 bits per heavy atom. The Morgan fingerprint density at radius 1 is 1.44 bits per heavy atom. The molecule has 0 spiro atoms. The molecule has 2 nitrogen and oxygen atoms in total. The highest BCUT2D eigenvalue weighted by atomic mass is 32.2. The Kier molecular flexibility index (Phi) is 5.39. The van der Waals surface area contributed by atoms with Crippen LogP contribution in [0.4, 0.5) is 0 Å². The normalized spacial score (nSPS) is 20.0. The van der Waals surface area contributed by atoms with Crippen molar-refractivity contribution >= 4 is 11.8 Å². The zero-order chi connectivity index (χ0) is 12.8. The highest BCUT2D eigenvalue weighted by Crippen LogP contribution is 2.36. The van der Waals surface area contributed by atoms with Crippen molar-refractivity contribution in [3.63, 3.8) is 0 Å². The van der Waals surface area contributed by atoms with Gasteiger partial charge in [0.1, 0.15) is 5.75 Å². The number of para-hydroxylation sites is 1. The molecule has 0 bridgehead atoms. The summed E-state index contributed by atoms with van der Waals surface area (Å²) in [7, 11) is 0. The van der Waals surface area contributed by atoms with E-state index in [2.05, 4.69) is 19.1 Å². The van der Waals surface area contributed by atoms with Crippen LogP contribution in [0.2, 0.25) is 0 Å². The molecule has 0 fully saturated rings. The molecule has 0 aromatic heterocycles. The fourth-order valence-corrected chi connectivity index (χ4v) is 3.20. The highest BCUT2D eigenvalue weighted by molar-refractivity contribution is 7.99. The summed E-state index contributed by atoms with van der Waals surface area (Å²) in [5.41, 5.74) is 1.27. The molecule has 0 aliphatic carbocycles. The summed E-state index contributed by atoms with van der Waals surface area (Å²) < 4.78 is 5.65. The minimum Gasteiger partial charge on any atom is -0.493 e. The molecular weight excluding hydrogens is 244 g/mol. The zero-order valence-corrected chi connectivity index (χ0v) is 11.8. The molecule has 1 aliphatic rings. The molecule has 100 valence electrons. The van der Waals surface area contributed by atoms with Crippen LogP contribution in [0.15, 0.2) is 24.3 Å². The third-order valence-corrected chi connectivity index (χ3v) is 4.37. The lowest BCUT2D eigenvalue weighted by Gasteiger charge is -2.27. The van der Waals surface area contributed by atoms with Crippen molar-refractivity contribution in [2.75, 3.05) is 18.1 Å². The van der Waals surface area contributed by atoms with Crippen LogP contribution in [0.5, 0.6) is 5.75 Å². The predicted molar refractivity (Wildman–Crippen MR) is 77.5 cm³/mol. The number of hydrogen-bond acceptors (Lipinski definition) is 3. The van der Waals surface area contributed by atoms with E-state index in [0.717, 1.165) is 43.1 Å². The molecule has 1 aromatic carbocycles. The molecule has 1 heterocycles. The van der Waals surface area contributed by atoms with Crippen LogP contribution in [0.3, 0.4) is 0 Å². The summed E-state index contributed by atoms with van der Waals surface area (Å²) in [4.78, 5) is 0. The van der Waals surface area contributed by atoms with E-state index in [-0.39, 0.29) is 6.10 Å². The van der Waals surface area contributed by atoms with E-state index < -0.39 is 0 Å². The Morgan fingerprint density at radius 2 is 2.28 bits per heavy atom. The van der Waals surface area contributed by atoms with E-state index in [1.165, 1.54) is 5.56 Å². The van der Waals surface area contributed by atoms with Crippen molar-refractivity contribution < 1.29 is 9.84 Å². The lowest BCUT2D eigenvalue weighted by Crippen LogP contribution is -2.19. The van der Waals surface area contributed by atoms with Gasteiger partial charge in [-0.15, -0.1) is 0 Å². The molecular formula is C15H22O2S. The van der Waals surface area contributed by atoms with Gasteiger partial charge < -0.3 is 9.84 Å². The first-order chi connectivity index (χ1) is 8.81. The number of rotatable bonds is 6. The number of fused-ring (bicyclic) bond motifs is 1. The van der Waals surface area contributed by atoms with Crippen LogP contribution < -0.4 is 4.74 Å². The molecule has 1 aliphatic heterocycles. The molecule has 2 atom stereocenters. The van der Waals surface area contributed by atoms with Gasteiger partial charge >= 0.3 is 0 Å². The van der Waals surface area contributed by atoms with Gasteiger partial charge in [-0.25, -0.2) is 0 Å². The summed E-state index contributed by atoms with van der Waals surface area (Å²) >= 11 is 1.90. The maximum Gasteiger partial charge on any atom is 0.122 e. The topological polar surface area (TPSA) is 29.5 Å². The Hall–Kier alpha value is -0.670. The van der Waals surface area contributed by atoms with E-state index in [9.17, 15) is 5.11 Å². The van der Waals surface area contributed by atoms with E-state index >= 15 is 0 Å². The Balaban J connectivity index is 1.90. The SMILES string of the molecule is CCSCCC(O)CC1CCOc2ccccc21. The first-order valence-corrected chi connectivity index (χ1v) is 7.94. The minimum atomic E-state index is -0.180. The van der Waals surface area contributed by atoms with Crippen LogP contribution in [-0.2, 0) is 0 Å². The summed E-state index contributed by atoms with van der Waals surface area (Å²) in [6.45, 7) is 2.93. The lowest BCUT2D eigenvalue weighted by atomic mass is 9.88. The Bertz CT molecular complexity index is 367. The second-order valence-electron chi connectivity index (χ2n) is 4.75. The maximum absolute atomic E-state index is 10.1. The molecule has 1 N–H and O–H groups in total. The number of aliphatic hydroxyl groups is 1. The summed E-state index contributed by atoms with van der Waals surface area (Å²) in [5.74, 6) is 3.65. The van der Waals surface area contributed by atoms with Crippen LogP contribution >= 0.6 is 11.8 Å². The van der Waals surface area contributed by atoms with Gasteiger partial charge in [-0.3, -0.25) is 0 Å². The van der Waals surface area contributed by atoms with Gasteiger partial charge in [0, 0.05) is 0 Å². The number of hydrogen-bond donors (Lipinski definition) is 1. The maximum atomic E-state index is 10.1. The quantitative estimate of drug-likeness (QED) is 0.800.